The van der Waals surface area contributed by atoms with Gasteiger partial charge in [0.15, 0.2) is 0 Å². The van der Waals surface area contributed by atoms with Gasteiger partial charge in [0.25, 0.3) is 0 Å². The molecule has 0 spiro atoms. The van der Waals surface area contributed by atoms with Gasteiger partial charge in [-0.05, 0) is 31.7 Å². The summed E-state index contributed by atoms with van der Waals surface area (Å²) in [6.07, 6.45) is 3.81. The van der Waals surface area contributed by atoms with Crippen LogP contribution in [0.2, 0.25) is 0 Å². The van der Waals surface area contributed by atoms with Crippen molar-refractivity contribution >= 4 is 5.91 Å². The average Bonchev–Trinajstić information content (AvgIpc) is 2.88. The molecule has 15 heavy (non-hydrogen) atoms. The van der Waals surface area contributed by atoms with Crippen LogP contribution in [0, 0.1) is 5.92 Å². The Balaban J connectivity index is 1.79. The van der Waals surface area contributed by atoms with E-state index in [-0.39, 0.29) is 5.91 Å². The topological polar surface area (TPSA) is 52.6 Å². The summed E-state index contributed by atoms with van der Waals surface area (Å²) in [5.41, 5.74) is -0.700. The van der Waals surface area contributed by atoms with Crippen LogP contribution >= 0.6 is 0 Å². The van der Waals surface area contributed by atoms with Gasteiger partial charge in [-0.3, -0.25) is 4.79 Å². The minimum atomic E-state index is -0.700. The standard InChI is InChI=1S/C11H20N2O2/c1-13(10(14)6-9-2-3-9)8-11(15)4-5-12-7-11/h9,12,15H,2-8H2,1H3. The van der Waals surface area contributed by atoms with Crippen LogP contribution in [0.25, 0.3) is 0 Å². The number of hydrogen-bond donors (Lipinski definition) is 2. The Kier molecular flexibility index (Phi) is 2.98. The van der Waals surface area contributed by atoms with Crippen molar-refractivity contribution in [3.63, 3.8) is 0 Å². The minimum Gasteiger partial charge on any atom is -0.387 e. The van der Waals surface area contributed by atoms with Crippen molar-refractivity contribution in [1.29, 1.82) is 0 Å². The zero-order valence-corrected chi connectivity index (χ0v) is 9.33. The number of carbonyl (C=O) groups is 1. The third-order valence-electron chi connectivity index (χ3n) is 3.34. The lowest BCUT2D eigenvalue weighted by molar-refractivity contribution is -0.133. The molecule has 1 aliphatic heterocycles. The van der Waals surface area contributed by atoms with E-state index >= 15 is 0 Å². The molecule has 0 aromatic heterocycles. The van der Waals surface area contributed by atoms with Crippen molar-refractivity contribution in [2.24, 2.45) is 5.92 Å². The Morgan fingerprint density at radius 3 is 2.87 bits per heavy atom. The zero-order chi connectivity index (χ0) is 10.9. The van der Waals surface area contributed by atoms with Crippen molar-refractivity contribution in [1.82, 2.24) is 10.2 Å². The van der Waals surface area contributed by atoms with Gasteiger partial charge in [-0.25, -0.2) is 0 Å². The van der Waals surface area contributed by atoms with Crippen LogP contribution in [-0.2, 0) is 4.79 Å². The van der Waals surface area contributed by atoms with Crippen molar-refractivity contribution in [2.75, 3.05) is 26.7 Å². The number of hydrogen-bond acceptors (Lipinski definition) is 3. The fraction of sp³-hybridized carbons (Fsp3) is 0.909. The SMILES string of the molecule is CN(CC1(O)CCNC1)C(=O)CC1CC1. The first-order valence-corrected chi connectivity index (χ1v) is 5.76. The van der Waals surface area contributed by atoms with Gasteiger partial charge in [-0.2, -0.15) is 0 Å². The number of nitrogens with one attached hydrogen (secondary N) is 1. The summed E-state index contributed by atoms with van der Waals surface area (Å²) in [6, 6.07) is 0. The van der Waals surface area contributed by atoms with E-state index in [0.717, 1.165) is 13.0 Å². The number of amides is 1. The third kappa shape index (κ3) is 2.92. The number of carbonyl (C=O) groups excluding carboxylic acids is 1. The molecule has 0 aromatic rings. The molecule has 1 aliphatic carbocycles. The largest absolute Gasteiger partial charge is 0.387 e. The quantitative estimate of drug-likeness (QED) is 0.688. The van der Waals surface area contributed by atoms with Crippen LogP contribution in [0.4, 0.5) is 0 Å². The van der Waals surface area contributed by atoms with E-state index in [4.69, 9.17) is 0 Å². The van der Waals surface area contributed by atoms with E-state index in [1.165, 1.54) is 12.8 Å². The number of nitrogens with zero attached hydrogens (tertiary/aromatic N) is 1. The summed E-state index contributed by atoms with van der Waals surface area (Å²) in [5, 5.41) is 13.2. The first-order valence-electron chi connectivity index (χ1n) is 5.76. The molecule has 1 unspecified atom stereocenters. The van der Waals surface area contributed by atoms with Crippen molar-refractivity contribution < 1.29 is 9.90 Å². The molecule has 0 bridgehead atoms. The Bertz CT molecular complexity index is 245. The Morgan fingerprint density at radius 2 is 2.33 bits per heavy atom. The molecule has 0 radical (unpaired) electrons. The molecule has 2 aliphatic rings. The highest BCUT2D eigenvalue weighted by atomic mass is 16.3. The summed E-state index contributed by atoms with van der Waals surface area (Å²) in [5.74, 6) is 0.800. The molecular weight excluding hydrogens is 192 g/mol. The summed E-state index contributed by atoms with van der Waals surface area (Å²) >= 11 is 0. The maximum atomic E-state index is 11.7. The zero-order valence-electron chi connectivity index (χ0n) is 9.33. The first kappa shape index (κ1) is 10.9. The normalized spacial score (nSPS) is 30.5. The van der Waals surface area contributed by atoms with E-state index in [9.17, 15) is 9.90 Å². The Labute approximate surface area is 90.6 Å². The molecule has 2 fully saturated rings. The number of rotatable bonds is 4. The maximum Gasteiger partial charge on any atom is 0.222 e. The van der Waals surface area contributed by atoms with Crippen LogP contribution in [0.5, 0.6) is 0 Å². The first-order chi connectivity index (χ1) is 7.09. The lowest BCUT2D eigenvalue weighted by atomic mass is 10.0. The smallest absolute Gasteiger partial charge is 0.222 e. The van der Waals surface area contributed by atoms with Crippen LogP contribution in [0.15, 0.2) is 0 Å². The van der Waals surface area contributed by atoms with Crippen LogP contribution in [0.1, 0.15) is 25.7 Å². The Hall–Kier alpha value is -0.610. The van der Waals surface area contributed by atoms with Crippen LogP contribution in [0.3, 0.4) is 0 Å². The van der Waals surface area contributed by atoms with Gasteiger partial charge in [0.1, 0.15) is 0 Å². The molecular formula is C11H20N2O2. The molecule has 0 aromatic carbocycles. The summed E-state index contributed by atoms with van der Waals surface area (Å²) in [4.78, 5) is 13.4. The van der Waals surface area contributed by atoms with Gasteiger partial charge < -0.3 is 15.3 Å². The van der Waals surface area contributed by atoms with Gasteiger partial charge >= 0.3 is 0 Å². The van der Waals surface area contributed by atoms with Crippen LogP contribution < -0.4 is 5.32 Å². The number of likely N-dealkylation sites (N-methyl/N-ethyl adjacent to an activating group) is 1. The van der Waals surface area contributed by atoms with Crippen molar-refractivity contribution in [3.8, 4) is 0 Å². The molecule has 1 atom stereocenters. The molecule has 1 saturated heterocycles. The second kappa shape index (κ2) is 4.10. The van der Waals surface area contributed by atoms with E-state index in [1.807, 2.05) is 0 Å². The number of β-amino-alcohol motifs (C(OH)–C–C–N with tert-alkyl or cyclic N) is 1. The van der Waals surface area contributed by atoms with Crippen LogP contribution in [-0.4, -0.2) is 48.2 Å². The Morgan fingerprint density at radius 1 is 1.60 bits per heavy atom. The van der Waals surface area contributed by atoms with E-state index in [1.54, 1.807) is 11.9 Å². The van der Waals surface area contributed by atoms with E-state index in [2.05, 4.69) is 5.32 Å². The maximum absolute atomic E-state index is 11.7. The molecule has 2 rings (SSSR count). The van der Waals surface area contributed by atoms with Crippen molar-refractivity contribution in [2.45, 2.75) is 31.3 Å². The van der Waals surface area contributed by atoms with Gasteiger partial charge in [0.05, 0.1) is 12.1 Å². The lowest BCUT2D eigenvalue weighted by Gasteiger charge is -2.28. The molecule has 1 heterocycles. The van der Waals surface area contributed by atoms with Crippen molar-refractivity contribution in [3.05, 3.63) is 0 Å². The fourth-order valence-electron chi connectivity index (χ4n) is 2.12. The summed E-state index contributed by atoms with van der Waals surface area (Å²) in [6.45, 7) is 1.92. The second-order valence-electron chi connectivity index (χ2n) is 5.05. The predicted octanol–water partition coefficient (Wildman–Crippen LogP) is -0.0307. The molecule has 4 heteroatoms. The highest BCUT2D eigenvalue weighted by molar-refractivity contribution is 5.76. The summed E-state index contributed by atoms with van der Waals surface area (Å²) < 4.78 is 0. The third-order valence-corrected chi connectivity index (χ3v) is 3.34. The highest BCUT2D eigenvalue weighted by Gasteiger charge is 2.34. The van der Waals surface area contributed by atoms with Gasteiger partial charge in [0, 0.05) is 20.0 Å². The fourth-order valence-corrected chi connectivity index (χ4v) is 2.12. The molecule has 2 N–H and O–H groups in total. The lowest BCUT2D eigenvalue weighted by Crippen LogP contribution is -2.45. The van der Waals surface area contributed by atoms with Gasteiger partial charge in [-0.15, -0.1) is 0 Å². The second-order valence-corrected chi connectivity index (χ2v) is 5.05. The summed E-state index contributed by atoms with van der Waals surface area (Å²) in [7, 11) is 1.79. The molecule has 1 amide bonds. The van der Waals surface area contributed by atoms with Gasteiger partial charge in [-0.1, -0.05) is 0 Å². The predicted molar refractivity (Wildman–Crippen MR) is 57.4 cm³/mol. The molecule has 4 nitrogen and oxygen atoms in total. The molecule has 86 valence electrons. The molecule has 1 saturated carbocycles. The monoisotopic (exact) mass is 212 g/mol. The average molecular weight is 212 g/mol. The van der Waals surface area contributed by atoms with Gasteiger partial charge in [0.2, 0.25) is 5.91 Å². The van der Waals surface area contributed by atoms with E-state index in [0.29, 0.717) is 25.4 Å². The van der Waals surface area contributed by atoms with E-state index < -0.39 is 5.60 Å². The number of aliphatic hydroxyl groups is 1. The highest BCUT2D eigenvalue weighted by Crippen LogP contribution is 2.32. The minimum absolute atomic E-state index is 0.179.